The van der Waals surface area contributed by atoms with Gasteiger partial charge in [-0.15, -0.1) is 0 Å². The van der Waals surface area contributed by atoms with Gasteiger partial charge in [-0.2, -0.15) is 0 Å². The lowest BCUT2D eigenvalue weighted by Gasteiger charge is -2.33. The summed E-state index contributed by atoms with van der Waals surface area (Å²) < 4.78 is 6.07. The van der Waals surface area contributed by atoms with E-state index in [0.717, 1.165) is 25.7 Å². The molecule has 1 saturated heterocycles. The van der Waals surface area contributed by atoms with Crippen LogP contribution in [0.5, 0.6) is 0 Å². The zero-order valence-electron chi connectivity index (χ0n) is 15.3. The molecular weight excluding hydrogens is 334 g/mol. The Bertz CT molecular complexity index is 657. The highest BCUT2D eigenvalue weighted by molar-refractivity contribution is 5.81. The summed E-state index contributed by atoms with van der Waals surface area (Å²) in [4.78, 5) is 24.1. The summed E-state index contributed by atoms with van der Waals surface area (Å²) in [6.07, 6.45) is 3.87. The van der Waals surface area contributed by atoms with Crippen molar-refractivity contribution >= 4 is 11.9 Å². The van der Waals surface area contributed by atoms with Crippen molar-refractivity contribution in [2.45, 2.75) is 43.8 Å². The number of esters is 1. The second-order valence-electron chi connectivity index (χ2n) is 8.01. The molecule has 6 nitrogen and oxygen atoms in total. The summed E-state index contributed by atoms with van der Waals surface area (Å²) >= 11 is 0. The molecule has 1 aromatic carbocycles. The maximum atomic E-state index is 13.0. The second-order valence-corrected chi connectivity index (χ2v) is 8.01. The number of hydrogen-bond donors (Lipinski definition) is 2. The molecule has 1 aliphatic heterocycles. The fourth-order valence-electron chi connectivity index (χ4n) is 4.49. The van der Waals surface area contributed by atoms with Crippen LogP contribution in [0.15, 0.2) is 30.3 Å². The van der Waals surface area contributed by atoms with Crippen LogP contribution in [0.3, 0.4) is 0 Å². The molecule has 3 atom stereocenters. The lowest BCUT2D eigenvalue weighted by atomic mass is 9.80. The Labute approximate surface area is 154 Å². The lowest BCUT2D eigenvalue weighted by molar-refractivity contribution is -0.891. The minimum atomic E-state index is -1.63. The van der Waals surface area contributed by atoms with Crippen LogP contribution in [-0.4, -0.2) is 59.4 Å². The molecule has 1 aliphatic carbocycles. The Kier molecular flexibility index (Phi) is 5.34. The maximum Gasteiger partial charge on any atom is 0.359 e. The molecule has 0 radical (unpaired) electrons. The van der Waals surface area contributed by atoms with Crippen LogP contribution in [0.1, 0.15) is 37.7 Å². The number of aliphatic hydroxyl groups is 1. The smallest absolute Gasteiger partial charge is 0.359 e. The lowest BCUT2D eigenvalue weighted by Crippen LogP contribution is -2.48. The second kappa shape index (κ2) is 7.37. The minimum Gasteiger partial charge on any atom is -0.477 e. The number of benzene rings is 1. The fourth-order valence-corrected chi connectivity index (χ4v) is 4.49. The molecule has 6 heteroatoms. The van der Waals surface area contributed by atoms with Gasteiger partial charge in [0.05, 0.1) is 13.6 Å². The molecule has 2 N–H and O–H groups in total. The number of carboxylic acids is 1. The monoisotopic (exact) mass is 362 g/mol. The van der Waals surface area contributed by atoms with Crippen LogP contribution in [0.2, 0.25) is 0 Å². The molecule has 1 heterocycles. The molecule has 3 rings (SSSR count). The van der Waals surface area contributed by atoms with E-state index in [4.69, 9.17) is 9.84 Å². The Morgan fingerprint density at radius 1 is 1.19 bits per heavy atom. The van der Waals surface area contributed by atoms with Gasteiger partial charge in [-0.05, 0) is 18.4 Å². The van der Waals surface area contributed by atoms with Gasteiger partial charge in [-0.1, -0.05) is 43.2 Å². The van der Waals surface area contributed by atoms with Crippen molar-refractivity contribution in [1.29, 1.82) is 0 Å². The van der Waals surface area contributed by atoms with Gasteiger partial charge < -0.3 is 19.4 Å². The molecule has 142 valence electrons. The number of carbonyl (C=O) groups is 2. The number of likely N-dealkylation sites (N-methyl/N-ethyl adjacent to an activating group) is 1. The molecule has 2 aliphatic rings. The largest absolute Gasteiger partial charge is 0.477 e. The van der Waals surface area contributed by atoms with Gasteiger partial charge in [0.25, 0.3) is 0 Å². The fraction of sp³-hybridized carbons (Fsp3) is 0.600. The summed E-state index contributed by atoms with van der Waals surface area (Å²) in [6.45, 7) is 1.13. The van der Waals surface area contributed by atoms with E-state index in [1.165, 1.54) is 0 Å². The molecule has 1 saturated carbocycles. The van der Waals surface area contributed by atoms with Gasteiger partial charge in [0, 0.05) is 12.3 Å². The normalized spacial score (nSPS) is 28.6. The first-order valence-corrected chi connectivity index (χ1v) is 9.38. The quantitative estimate of drug-likeness (QED) is 0.597. The van der Waals surface area contributed by atoms with Crippen LogP contribution < -0.4 is 0 Å². The highest BCUT2D eigenvalue weighted by Crippen LogP contribution is 2.42. The first-order valence-electron chi connectivity index (χ1n) is 9.38. The predicted molar refractivity (Wildman–Crippen MR) is 95.2 cm³/mol. The van der Waals surface area contributed by atoms with E-state index in [1.54, 1.807) is 12.1 Å². The zero-order chi connectivity index (χ0) is 18.8. The van der Waals surface area contributed by atoms with E-state index in [1.807, 2.05) is 25.2 Å². The van der Waals surface area contributed by atoms with Gasteiger partial charge >= 0.3 is 11.9 Å². The number of likely N-dealkylation sites (tertiary alicyclic amines) is 1. The number of aliphatic carboxylic acids is 1. The Morgan fingerprint density at radius 3 is 2.46 bits per heavy atom. The predicted octanol–water partition coefficient (Wildman–Crippen LogP) is 1.91. The number of ether oxygens (including phenoxy) is 1. The molecule has 2 fully saturated rings. The van der Waals surface area contributed by atoms with E-state index in [0.29, 0.717) is 29.6 Å². The molecule has 26 heavy (non-hydrogen) atoms. The van der Waals surface area contributed by atoms with E-state index >= 15 is 0 Å². The Balaban J connectivity index is 1.76. The van der Waals surface area contributed by atoms with Crippen LogP contribution >= 0.6 is 0 Å². The first kappa shape index (κ1) is 18.9. The molecular formula is C20H28NO5+. The summed E-state index contributed by atoms with van der Waals surface area (Å²) in [7, 11) is 1.86. The minimum absolute atomic E-state index is 0.0135. The highest BCUT2D eigenvalue weighted by Gasteiger charge is 2.49. The summed E-state index contributed by atoms with van der Waals surface area (Å²) in [6, 6.07) is 9.05. The zero-order valence-corrected chi connectivity index (χ0v) is 15.3. The van der Waals surface area contributed by atoms with Crippen molar-refractivity contribution in [2.75, 3.05) is 26.7 Å². The first-order chi connectivity index (χ1) is 12.3. The Morgan fingerprint density at radius 2 is 1.85 bits per heavy atom. The molecule has 0 amide bonds. The van der Waals surface area contributed by atoms with Crippen LogP contribution in [-0.2, 0) is 19.9 Å². The molecule has 1 aromatic rings. The SMILES string of the molecule is C[N@+]1(CC(=O)O)CC[C@H](OC(=O)[C@@](O)(c2ccccc2)C2CCCC2)C1. The van der Waals surface area contributed by atoms with Crippen LogP contribution in [0.4, 0.5) is 0 Å². The third kappa shape index (κ3) is 3.76. The van der Waals surface area contributed by atoms with Crippen molar-refractivity contribution in [3.8, 4) is 0 Å². The average Bonchev–Trinajstić information content (AvgIpc) is 3.25. The van der Waals surface area contributed by atoms with Gasteiger partial charge in [0.1, 0.15) is 6.54 Å². The highest BCUT2D eigenvalue weighted by atomic mass is 16.6. The van der Waals surface area contributed by atoms with Crippen molar-refractivity contribution in [3.05, 3.63) is 35.9 Å². The van der Waals surface area contributed by atoms with Crippen LogP contribution in [0, 0.1) is 5.92 Å². The third-order valence-electron chi connectivity index (χ3n) is 5.90. The topological polar surface area (TPSA) is 83.8 Å². The number of hydrogen-bond acceptors (Lipinski definition) is 4. The van der Waals surface area contributed by atoms with Crippen molar-refractivity contribution in [1.82, 2.24) is 0 Å². The van der Waals surface area contributed by atoms with E-state index in [2.05, 4.69) is 0 Å². The standard InChI is InChI=1S/C20H27NO5/c1-21(14-18(22)23)12-11-17(13-21)26-19(24)20(25,16-9-5-6-10-16)15-7-3-2-4-8-15/h2-4,7-8,16-17,25H,5-6,9-14H2,1H3/p+1/t17-,20+,21-/m0/s1. The number of carbonyl (C=O) groups excluding carboxylic acids is 1. The van der Waals surface area contributed by atoms with Crippen molar-refractivity contribution < 1.29 is 29.0 Å². The van der Waals surface area contributed by atoms with E-state index < -0.39 is 17.5 Å². The van der Waals surface area contributed by atoms with Gasteiger partial charge in [0.2, 0.25) is 0 Å². The number of rotatable bonds is 6. The van der Waals surface area contributed by atoms with Crippen molar-refractivity contribution in [2.24, 2.45) is 5.92 Å². The third-order valence-corrected chi connectivity index (χ3v) is 5.90. The maximum absolute atomic E-state index is 13.0. The Hall–Kier alpha value is -1.92. The van der Waals surface area contributed by atoms with Crippen LogP contribution in [0.25, 0.3) is 0 Å². The number of carboxylic acid groups (broad SMARTS) is 1. The van der Waals surface area contributed by atoms with E-state index in [9.17, 15) is 14.7 Å². The molecule has 0 bridgehead atoms. The van der Waals surface area contributed by atoms with Crippen molar-refractivity contribution in [3.63, 3.8) is 0 Å². The summed E-state index contributed by atoms with van der Waals surface area (Å²) in [5, 5.41) is 20.5. The average molecular weight is 362 g/mol. The number of quaternary nitrogens is 1. The summed E-state index contributed by atoms with van der Waals surface area (Å²) in [5.41, 5.74) is -1.05. The summed E-state index contributed by atoms with van der Waals surface area (Å²) in [5.74, 6) is -1.59. The van der Waals surface area contributed by atoms with Gasteiger partial charge in [0.15, 0.2) is 18.2 Å². The van der Waals surface area contributed by atoms with Gasteiger partial charge in [-0.3, -0.25) is 0 Å². The van der Waals surface area contributed by atoms with Gasteiger partial charge in [-0.25, -0.2) is 9.59 Å². The number of nitrogens with zero attached hydrogens (tertiary/aromatic N) is 1. The molecule has 0 spiro atoms. The van der Waals surface area contributed by atoms with E-state index in [-0.39, 0.29) is 18.6 Å². The molecule has 0 aromatic heterocycles. The molecule has 0 unspecified atom stereocenters.